The van der Waals surface area contributed by atoms with Gasteiger partial charge in [0, 0.05) is 25.7 Å². The monoisotopic (exact) mass is 516 g/mol. The molecule has 0 radical (unpaired) electrons. The lowest BCUT2D eigenvalue weighted by Gasteiger charge is -2.19. The van der Waals surface area contributed by atoms with Crippen molar-refractivity contribution in [1.82, 2.24) is 15.5 Å². The molecule has 0 spiro atoms. The molecule has 10 heteroatoms. The van der Waals surface area contributed by atoms with Crippen LogP contribution in [0.5, 0.6) is 11.5 Å². The SMILES string of the molecule is CCNC(=NCCOc1ccc(OC)cc1)NC1CCN(CC(F)(F)F)C1.I. The van der Waals surface area contributed by atoms with Crippen LogP contribution in [0.1, 0.15) is 13.3 Å². The Kier molecular flexibility index (Phi) is 10.7. The molecule has 1 atom stereocenters. The predicted molar refractivity (Wildman–Crippen MR) is 114 cm³/mol. The Labute approximate surface area is 180 Å². The average Bonchev–Trinajstić information content (AvgIpc) is 3.04. The Morgan fingerprint density at radius 3 is 2.54 bits per heavy atom. The van der Waals surface area contributed by atoms with Gasteiger partial charge in [0.05, 0.1) is 20.2 Å². The van der Waals surface area contributed by atoms with Crippen molar-refractivity contribution in [2.45, 2.75) is 25.6 Å². The van der Waals surface area contributed by atoms with Crippen LogP contribution in [0.2, 0.25) is 0 Å². The third kappa shape index (κ3) is 9.18. The van der Waals surface area contributed by atoms with Crippen LogP contribution in [0.4, 0.5) is 13.2 Å². The van der Waals surface area contributed by atoms with E-state index in [1.165, 1.54) is 4.90 Å². The van der Waals surface area contributed by atoms with Gasteiger partial charge in [0.1, 0.15) is 18.1 Å². The van der Waals surface area contributed by atoms with E-state index >= 15 is 0 Å². The molecule has 1 aliphatic heterocycles. The minimum atomic E-state index is -4.16. The van der Waals surface area contributed by atoms with Gasteiger partial charge in [0.25, 0.3) is 0 Å². The zero-order valence-electron chi connectivity index (χ0n) is 16.1. The van der Waals surface area contributed by atoms with Gasteiger partial charge in [-0.3, -0.25) is 4.90 Å². The molecule has 0 aromatic heterocycles. The summed E-state index contributed by atoms with van der Waals surface area (Å²) in [5.74, 6) is 2.08. The number of hydrogen-bond acceptors (Lipinski definition) is 4. The summed E-state index contributed by atoms with van der Waals surface area (Å²) in [6, 6.07) is 7.22. The van der Waals surface area contributed by atoms with Crippen molar-refractivity contribution in [2.24, 2.45) is 4.99 Å². The van der Waals surface area contributed by atoms with E-state index in [1.807, 2.05) is 31.2 Å². The molecule has 0 saturated carbocycles. The molecule has 0 aliphatic carbocycles. The lowest BCUT2D eigenvalue weighted by molar-refractivity contribution is -0.143. The van der Waals surface area contributed by atoms with Crippen LogP contribution in [0.25, 0.3) is 0 Å². The lowest BCUT2D eigenvalue weighted by atomic mass is 10.3. The minimum Gasteiger partial charge on any atom is -0.497 e. The molecule has 1 saturated heterocycles. The molecule has 160 valence electrons. The van der Waals surface area contributed by atoms with E-state index in [2.05, 4.69) is 15.6 Å². The van der Waals surface area contributed by atoms with E-state index in [0.29, 0.717) is 45.2 Å². The molecule has 0 bridgehead atoms. The van der Waals surface area contributed by atoms with Crippen molar-refractivity contribution in [3.63, 3.8) is 0 Å². The zero-order valence-corrected chi connectivity index (χ0v) is 18.4. The molecule has 0 amide bonds. The number of methoxy groups -OCH3 is 1. The van der Waals surface area contributed by atoms with Crippen LogP contribution in [0.15, 0.2) is 29.3 Å². The van der Waals surface area contributed by atoms with Gasteiger partial charge in [-0.15, -0.1) is 24.0 Å². The van der Waals surface area contributed by atoms with Crippen LogP contribution in [0.3, 0.4) is 0 Å². The van der Waals surface area contributed by atoms with E-state index in [-0.39, 0.29) is 30.0 Å². The number of likely N-dealkylation sites (tertiary alicyclic amines) is 1. The van der Waals surface area contributed by atoms with Crippen LogP contribution < -0.4 is 20.1 Å². The standard InChI is InChI=1S/C18H27F3N4O2.HI/c1-3-22-17(24-14-8-10-25(12-14)13-18(19,20)21)23-9-11-27-16-6-4-15(26-2)5-7-16;/h4-7,14H,3,8-13H2,1-2H3,(H2,22,23,24);1H. The van der Waals surface area contributed by atoms with Crippen molar-refractivity contribution < 1.29 is 22.6 Å². The summed E-state index contributed by atoms with van der Waals surface area (Å²) in [4.78, 5) is 5.84. The number of ether oxygens (including phenoxy) is 2. The molecule has 6 nitrogen and oxygen atoms in total. The number of halogens is 4. The van der Waals surface area contributed by atoms with Crippen molar-refractivity contribution >= 4 is 29.9 Å². The first-order chi connectivity index (χ1) is 12.9. The zero-order chi connectivity index (χ0) is 19.7. The summed E-state index contributed by atoms with van der Waals surface area (Å²) >= 11 is 0. The average molecular weight is 516 g/mol. The van der Waals surface area contributed by atoms with Gasteiger partial charge in [-0.2, -0.15) is 13.2 Å². The van der Waals surface area contributed by atoms with Gasteiger partial charge in [-0.1, -0.05) is 0 Å². The molecular weight excluding hydrogens is 488 g/mol. The van der Waals surface area contributed by atoms with Gasteiger partial charge < -0.3 is 20.1 Å². The Balaban J connectivity index is 0.00000392. The molecule has 2 rings (SSSR count). The third-order valence-electron chi connectivity index (χ3n) is 4.05. The summed E-state index contributed by atoms with van der Waals surface area (Å²) in [7, 11) is 1.60. The summed E-state index contributed by atoms with van der Waals surface area (Å²) < 4.78 is 48.2. The topological polar surface area (TPSA) is 58.1 Å². The van der Waals surface area contributed by atoms with Crippen molar-refractivity contribution in [1.29, 1.82) is 0 Å². The number of nitrogens with zero attached hydrogens (tertiary/aromatic N) is 2. The van der Waals surface area contributed by atoms with Crippen LogP contribution in [-0.2, 0) is 0 Å². The van der Waals surface area contributed by atoms with Gasteiger partial charge in [0.15, 0.2) is 5.96 Å². The van der Waals surface area contributed by atoms with Crippen molar-refractivity contribution in [2.75, 3.05) is 46.4 Å². The number of benzene rings is 1. The normalized spacial score (nSPS) is 17.8. The van der Waals surface area contributed by atoms with Gasteiger partial charge >= 0.3 is 6.18 Å². The van der Waals surface area contributed by atoms with E-state index in [9.17, 15) is 13.2 Å². The molecule has 1 aliphatic rings. The Morgan fingerprint density at radius 2 is 1.93 bits per heavy atom. The second kappa shape index (κ2) is 12.2. The van der Waals surface area contributed by atoms with E-state index in [4.69, 9.17) is 9.47 Å². The fourth-order valence-electron chi connectivity index (χ4n) is 2.85. The fourth-order valence-corrected chi connectivity index (χ4v) is 2.85. The minimum absolute atomic E-state index is 0. The molecule has 1 aromatic carbocycles. The highest BCUT2D eigenvalue weighted by molar-refractivity contribution is 14.0. The van der Waals surface area contributed by atoms with Gasteiger partial charge in [-0.25, -0.2) is 4.99 Å². The highest BCUT2D eigenvalue weighted by Gasteiger charge is 2.34. The van der Waals surface area contributed by atoms with Gasteiger partial charge in [0.2, 0.25) is 0 Å². The predicted octanol–water partition coefficient (Wildman–Crippen LogP) is 2.88. The number of rotatable bonds is 8. The quantitative estimate of drug-likeness (QED) is 0.241. The first-order valence-electron chi connectivity index (χ1n) is 9.00. The van der Waals surface area contributed by atoms with Crippen molar-refractivity contribution in [3.8, 4) is 11.5 Å². The van der Waals surface area contributed by atoms with Crippen LogP contribution in [-0.4, -0.2) is 69.5 Å². The van der Waals surface area contributed by atoms with Crippen LogP contribution in [0, 0.1) is 0 Å². The highest BCUT2D eigenvalue weighted by Crippen LogP contribution is 2.20. The number of guanidine groups is 1. The molecule has 1 heterocycles. The van der Waals surface area contributed by atoms with E-state index in [1.54, 1.807) is 7.11 Å². The highest BCUT2D eigenvalue weighted by atomic mass is 127. The van der Waals surface area contributed by atoms with E-state index in [0.717, 1.165) is 11.5 Å². The maximum atomic E-state index is 12.5. The number of nitrogens with one attached hydrogen (secondary N) is 2. The Morgan fingerprint density at radius 1 is 1.25 bits per heavy atom. The second-order valence-corrected chi connectivity index (χ2v) is 6.26. The molecule has 2 N–H and O–H groups in total. The second-order valence-electron chi connectivity index (χ2n) is 6.26. The largest absolute Gasteiger partial charge is 0.497 e. The first-order valence-corrected chi connectivity index (χ1v) is 9.00. The summed E-state index contributed by atoms with van der Waals surface area (Å²) in [5.41, 5.74) is 0. The summed E-state index contributed by atoms with van der Waals surface area (Å²) in [5, 5.41) is 6.32. The van der Waals surface area contributed by atoms with Crippen molar-refractivity contribution in [3.05, 3.63) is 24.3 Å². The Hall–Kier alpha value is -1.43. The third-order valence-corrected chi connectivity index (χ3v) is 4.05. The molecule has 28 heavy (non-hydrogen) atoms. The smallest absolute Gasteiger partial charge is 0.401 e. The van der Waals surface area contributed by atoms with E-state index < -0.39 is 12.7 Å². The Bertz CT molecular complexity index is 599. The number of hydrogen-bond donors (Lipinski definition) is 2. The maximum Gasteiger partial charge on any atom is 0.401 e. The maximum absolute atomic E-state index is 12.5. The fraction of sp³-hybridized carbons (Fsp3) is 0.611. The van der Waals surface area contributed by atoms with Crippen LogP contribution >= 0.6 is 24.0 Å². The lowest BCUT2D eigenvalue weighted by Crippen LogP contribution is -2.45. The van der Waals surface area contributed by atoms with Gasteiger partial charge in [-0.05, 0) is 37.6 Å². The number of alkyl halides is 3. The molecule has 1 unspecified atom stereocenters. The summed E-state index contributed by atoms with van der Waals surface area (Å²) in [6.07, 6.45) is -3.50. The number of aliphatic imine (C=N–C) groups is 1. The molecule has 1 fully saturated rings. The molecular formula is C18H28F3IN4O2. The summed E-state index contributed by atoms with van der Waals surface area (Å²) in [6.45, 7) is 3.35. The first kappa shape index (κ1) is 24.6. The molecule has 1 aromatic rings.